The molecule has 0 bridgehead atoms. The zero-order valence-corrected chi connectivity index (χ0v) is 30.0. The summed E-state index contributed by atoms with van der Waals surface area (Å²) in [5.74, 6) is 0. The molecule has 1 heterocycles. The third-order valence-corrected chi connectivity index (χ3v) is 11.3. The molecule has 0 aliphatic rings. The van der Waals surface area contributed by atoms with Crippen LogP contribution in [0.2, 0.25) is 0 Å². The molecule has 0 atom stereocenters. The molecule has 0 unspecified atom stereocenters. The van der Waals surface area contributed by atoms with E-state index in [0.717, 1.165) is 21.9 Å². The molecule has 0 amide bonds. The fraction of sp³-hybridized carbons (Fsp3) is 0. The van der Waals surface area contributed by atoms with E-state index >= 15 is 0 Å². The number of rotatable bonds is 5. The maximum atomic E-state index is 6.15. The van der Waals surface area contributed by atoms with Crippen LogP contribution in [0.3, 0.4) is 0 Å². The van der Waals surface area contributed by atoms with E-state index in [-0.39, 0.29) is 0 Å². The Morgan fingerprint density at radius 2 is 0.727 bits per heavy atom. The first-order valence-electron chi connectivity index (χ1n) is 18.9. The molecule has 55 heavy (non-hydrogen) atoms. The van der Waals surface area contributed by atoms with Gasteiger partial charge in [-0.2, -0.15) is 0 Å². The predicted octanol–water partition coefficient (Wildman–Crippen LogP) is 15.4. The lowest BCUT2D eigenvalue weighted by Crippen LogP contribution is -1.92. The lowest BCUT2D eigenvalue weighted by atomic mass is 9.84. The molecule has 0 fully saturated rings. The van der Waals surface area contributed by atoms with Crippen molar-refractivity contribution in [1.82, 2.24) is 0 Å². The third kappa shape index (κ3) is 5.16. The summed E-state index contributed by atoms with van der Waals surface area (Å²) in [7, 11) is 0. The van der Waals surface area contributed by atoms with Crippen molar-refractivity contribution in [2.75, 3.05) is 0 Å². The predicted molar refractivity (Wildman–Crippen MR) is 233 cm³/mol. The first-order chi connectivity index (χ1) is 27.3. The maximum absolute atomic E-state index is 6.15. The highest BCUT2D eigenvalue weighted by Gasteiger charge is 2.18. The zero-order valence-electron chi connectivity index (χ0n) is 30.0. The largest absolute Gasteiger partial charge is 0.456 e. The Hall–Kier alpha value is -7.22. The van der Waals surface area contributed by atoms with Crippen molar-refractivity contribution in [2.45, 2.75) is 0 Å². The first-order valence-corrected chi connectivity index (χ1v) is 18.9. The van der Waals surface area contributed by atoms with Crippen LogP contribution in [0.25, 0.3) is 110 Å². The molecule has 0 saturated carbocycles. The van der Waals surface area contributed by atoms with E-state index in [2.05, 4.69) is 194 Å². The normalized spacial score (nSPS) is 11.6. The summed E-state index contributed by atoms with van der Waals surface area (Å²) in [6.07, 6.45) is 0. The van der Waals surface area contributed by atoms with E-state index in [1.807, 2.05) is 12.1 Å². The van der Waals surface area contributed by atoms with Gasteiger partial charge in [0.15, 0.2) is 0 Å². The molecular formula is C54H34O. The van der Waals surface area contributed by atoms with Gasteiger partial charge >= 0.3 is 0 Å². The molecule has 256 valence electrons. The second-order valence-corrected chi connectivity index (χ2v) is 14.4. The SMILES string of the molecule is c1ccc(-c2c(-c3ccc(-c4c5ccccc5c(-c5cccc(-c6ccc7oc8ccccc8c7c6)c5)c5ccccc45)cc3)ccc3ccccc23)cc1. The van der Waals surface area contributed by atoms with Crippen LogP contribution in [0, 0.1) is 0 Å². The van der Waals surface area contributed by atoms with Crippen molar-refractivity contribution in [3.8, 4) is 55.6 Å². The average molecular weight is 699 g/mol. The van der Waals surface area contributed by atoms with Gasteiger partial charge in [0.2, 0.25) is 0 Å². The van der Waals surface area contributed by atoms with Crippen LogP contribution in [-0.4, -0.2) is 0 Å². The van der Waals surface area contributed by atoms with E-state index < -0.39 is 0 Å². The van der Waals surface area contributed by atoms with Gasteiger partial charge < -0.3 is 4.42 Å². The highest BCUT2D eigenvalue weighted by atomic mass is 16.3. The molecule has 1 nitrogen and oxygen atoms in total. The van der Waals surface area contributed by atoms with Crippen LogP contribution >= 0.6 is 0 Å². The van der Waals surface area contributed by atoms with Crippen LogP contribution in [0.15, 0.2) is 211 Å². The highest BCUT2D eigenvalue weighted by Crippen LogP contribution is 2.45. The van der Waals surface area contributed by atoms with Gasteiger partial charge in [0.1, 0.15) is 11.2 Å². The molecule has 0 aliphatic heterocycles. The summed E-state index contributed by atoms with van der Waals surface area (Å²) in [5, 5.41) is 9.78. The summed E-state index contributed by atoms with van der Waals surface area (Å²) in [5.41, 5.74) is 14.1. The molecule has 11 aromatic rings. The van der Waals surface area contributed by atoms with Gasteiger partial charge in [-0.25, -0.2) is 0 Å². The fourth-order valence-electron chi connectivity index (χ4n) is 8.75. The van der Waals surface area contributed by atoms with Crippen molar-refractivity contribution in [3.05, 3.63) is 206 Å². The number of para-hydroxylation sites is 1. The molecule has 1 heteroatoms. The standard InChI is InChI=1S/C54H34O/c1-2-14-37(15-3-1)52-42-18-5-4-13-35(42)29-31-43(52)36-25-27-38(28-26-36)53-45-20-6-8-22-47(45)54(48-23-9-7-21-46(48)53)41-17-12-16-39(33-41)40-30-32-51-49(34-40)44-19-10-11-24-50(44)55-51/h1-34H. The minimum absolute atomic E-state index is 0.913. The van der Waals surface area contributed by atoms with Crippen molar-refractivity contribution >= 4 is 54.3 Å². The third-order valence-electron chi connectivity index (χ3n) is 11.3. The summed E-state index contributed by atoms with van der Waals surface area (Å²) in [6.45, 7) is 0. The summed E-state index contributed by atoms with van der Waals surface area (Å²) in [6, 6.07) is 74.8. The smallest absolute Gasteiger partial charge is 0.135 e. The second-order valence-electron chi connectivity index (χ2n) is 14.4. The Morgan fingerprint density at radius 3 is 1.45 bits per heavy atom. The van der Waals surface area contributed by atoms with Crippen LogP contribution < -0.4 is 0 Å². The number of hydrogen-bond acceptors (Lipinski definition) is 1. The van der Waals surface area contributed by atoms with E-state index in [1.54, 1.807) is 0 Å². The minimum Gasteiger partial charge on any atom is -0.456 e. The number of furan rings is 1. The number of hydrogen-bond donors (Lipinski definition) is 0. The van der Waals surface area contributed by atoms with Gasteiger partial charge in [-0.3, -0.25) is 0 Å². The van der Waals surface area contributed by atoms with Crippen molar-refractivity contribution in [3.63, 3.8) is 0 Å². The Morgan fingerprint density at radius 1 is 0.236 bits per heavy atom. The molecule has 10 aromatic carbocycles. The van der Waals surface area contributed by atoms with Crippen LogP contribution in [0.1, 0.15) is 0 Å². The number of fused-ring (bicyclic) bond motifs is 6. The molecule has 1 aromatic heterocycles. The van der Waals surface area contributed by atoms with Gasteiger partial charge in [0.25, 0.3) is 0 Å². The van der Waals surface area contributed by atoms with Gasteiger partial charge in [0.05, 0.1) is 0 Å². The van der Waals surface area contributed by atoms with Crippen molar-refractivity contribution < 1.29 is 4.42 Å². The lowest BCUT2D eigenvalue weighted by Gasteiger charge is -2.19. The summed E-state index contributed by atoms with van der Waals surface area (Å²) >= 11 is 0. The average Bonchev–Trinajstić information content (AvgIpc) is 3.63. The van der Waals surface area contributed by atoms with Crippen LogP contribution in [0.5, 0.6) is 0 Å². The van der Waals surface area contributed by atoms with E-state index in [1.165, 1.54) is 88.0 Å². The molecule has 0 spiro atoms. The van der Waals surface area contributed by atoms with Gasteiger partial charge in [0, 0.05) is 10.8 Å². The zero-order chi connectivity index (χ0) is 36.3. The quantitative estimate of drug-likeness (QED) is 0.163. The van der Waals surface area contributed by atoms with Crippen molar-refractivity contribution in [2.24, 2.45) is 0 Å². The Labute approximate surface area is 319 Å². The topological polar surface area (TPSA) is 13.1 Å². The first kappa shape index (κ1) is 31.3. The molecule has 0 saturated heterocycles. The monoisotopic (exact) mass is 698 g/mol. The molecule has 0 aliphatic carbocycles. The van der Waals surface area contributed by atoms with Crippen LogP contribution in [-0.2, 0) is 0 Å². The summed E-state index contributed by atoms with van der Waals surface area (Å²) in [4.78, 5) is 0. The molecule has 0 radical (unpaired) electrons. The van der Waals surface area contributed by atoms with Gasteiger partial charge in [-0.05, 0) is 112 Å². The highest BCUT2D eigenvalue weighted by molar-refractivity contribution is 6.21. The van der Waals surface area contributed by atoms with Gasteiger partial charge in [-0.1, -0.05) is 182 Å². The van der Waals surface area contributed by atoms with E-state index in [4.69, 9.17) is 4.42 Å². The minimum atomic E-state index is 0.913. The summed E-state index contributed by atoms with van der Waals surface area (Å²) < 4.78 is 6.15. The van der Waals surface area contributed by atoms with Crippen molar-refractivity contribution in [1.29, 1.82) is 0 Å². The fourth-order valence-corrected chi connectivity index (χ4v) is 8.75. The van der Waals surface area contributed by atoms with Gasteiger partial charge in [-0.15, -0.1) is 0 Å². The van der Waals surface area contributed by atoms with Crippen LogP contribution in [0.4, 0.5) is 0 Å². The lowest BCUT2D eigenvalue weighted by molar-refractivity contribution is 0.669. The number of benzene rings is 10. The second kappa shape index (κ2) is 12.7. The van der Waals surface area contributed by atoms with E-state index in [9.17, 15) is 0 Å². The molecule has 0 N–H and O–H groups in total. The van der Waals surface area contributed by atoms with E-state index in [0.29, 0.717) is 0 Å². The Kier molecular flexibility index (Phi) is 7.25. The Bertz CT molecular complexity index is 3180. The molecular weight excluding hydrogens is 665 g/mol. The molecule has 11 rings (SSSR count). The maximum Gasteiger partial charge on any atom is 0.135 e. The Balaban J connectivity index is 1.06.